The molecule has 0 atom stereocenters. The van der Waals surface area contributed by atoms with E-state index in [1.807, 2.05) is 42.5 Å². The summed E-state index contributed by atoms with van der Waals surface area (Å²) in [7, 11) is 0. The van der Waals surface area contributed by atoms with Crippen LogP contribution in [0.3, 0.4) is 0 Å². The number of ether oxygens (including phenoxy) is 1. The fourth-order valence-electron chi connectivity index (χ4n) is 3.04. The first-order valence-corrected chi connectivity index (χ1v) is 8.87. The Bertz CT molecular complexity index is 1050. The van der Waals surface area contributed by atoms with Crippen molar-refractivity contribution in [2.24, 2.45) is 0 Å². The van der Waals surface area contributed by atoms with Gasteiger partial charge in [0.05, 0.1) is 5.57 Å². The van der Waals surface area contributed by atoms with Crippen molar-refractivity contribution >= 4 is 29.2 Å². The van der Waals surface area contributed by atoms with Gasteiger partial charge < -0.3 is 4.74 Å². The third kappa shape index (κ3) is 3.42. The smallest absolute Gasteiger partial charge is 0.197 e. The molecule has 0 aromatic heterocycles. The molecular weight excluding hydrogens is 360 g/mol. The Morgan fingerprint density at radius 3 is 2.19 bits per heavy atom. The van der Waals surface area contributed by atoms with E-state index in [-0.39, 0.29) is 17.1 Å². The molecule has 0 saturated heterocycles. The maximum atomic E-state index is 12.5. The number of hydrogen-bond donors (Lipinski definition) is 0. The highest BCUT2D eigenvalue weighted by molar-refractivity contribution is 6.41. The molecule has 27 heavy (non-hydrogen) atoms. The molecule has 1 aliphatic rings. The highest BCUT2D eigenvalue weighted by atomic mass is 35.5. The summed E-state index contributed by atoms with van der Waals surface area (Å²) in [6, 6.07) is 21.7. The van der Waals surface area contributed by atoms with E-state index >= 15 is 0 Å². The number of Topliss-reactive ketones (excluding diaryl/α,β-unsaturated/α-hetero) is 2. The van der Waals surface area contributed by atoms with E-state index in [9.17, 15) is 9.59 Å². The summed E-state index contributed by atoms with van der Waals surface area (Å²) in [4.78, 5) is 25.0. The van der Waals surface area contributed by atoms with E-state index in [1.165, 1.54) is 0 Å². The van der Waals surface area contributed by atoms with Gasteiger partial charge in [0.25, 0.3) is 0 Å². The van der Waals surface area contributed by atoms with Crippen LogP contribution in [0, 0.1) is 0 Å². The van der Waals surface area contributed by atoms with E-state index in [2.05, 4.69) is 0 Å². The van der Waals surface area contributed by atoms with Gasteiger partial charge in [-0.1, -0.05) is 66.2 Å². The molecule has 0 radical (unpaired) electrons. The van der Waals surface area contributed by atoms with Gasteiger partial charge in [0, 0.05) is 21.7 Å². The number of rotatable bonds is 4. The van der Waals surface area contributed by atoms with E-state index < -0.39 is 0 Å². The Labute approximate surface area is 161 Å². The van der Waals surface area contributed by atoms with Crippen LogP contribution in [0.2, 0.25) is 5.02 Å². The second-order valence-electron chi connectivity index (χ2n) is 6.21. The summed E-state index contributed by atoms with van der Waals surface area (Å²) < 4.78 is 5.81. The molecular formula is C23H15ClO3. The molecule has 0 spiro atoms. The molecule has 0 N–H and O–H groups in total. The van der Waals surface area contributed by atoms with Gasteiger partial charge in [0.15, 0.2) is 11.6 Å². The molecule has 3 aromatic carbocycles. The molecule has 0 heterocycles. The van der Waals surface area contributed by atoms with Crippen LogP contribution in [0.4, 0.5) is 0 Å². The van der Waals surface area contributed by atoms with Crippen molar-refractivity contribution in [2.75, 3.05) is 0 Å². The first-order valence-electron chi connectivity index (χ1n) is 8.50. The minimum absolute atomic E-state index is 0.180. The van der Waals surface area contributed by atoms with Gasteiger partial charge in [-0.15, -0.1) is 0 Å². The van der Waals surface area contributed by atoms with Gasteiger partial charge in [0.1, 0.15) is 12.4 Å². The lowest BCUT2D eigenvalue weighted by atomic mass is 10.1. The van der Waals surface area contributed by atoms with Gasteiger partial charge in [-0.25, -0.2) is 0 Å². The molecule has 0 unspecified atom stereocenters. The van der Waals surface area contributed by atoms with Gasteiger partial charge in [0.2, 0.25) is 0 Å². The van der Waals surface area contributed by atoms with E-state index in [4.69, 9.17) is 16.3 Å². The zero-order chi connectivity index (χ0) is 18.8. The van der Waals surface area contributed by atoms with Crippen LogP contribution in [-0.4, -0.2) is 11.6 Å². The number of halogens is 1. The van der Waals surface area contributed by atoms with Crippen LogP contribution < -0.4 is 4.74 Å². The van der Waals surface area contributed by atoms with Crippen molar-refractivity contribution in [2.45, 2.75) is 6.61 Å². The standard InChI is InChI=1S/C23H15ClO3/c24-21-11-4-1-7-16(21)14-27-17-8-5-6-15(12-17)13-20-22(25)18-9-2-3-10-19(18)23(20)26/h1-13H,14H2. The Balaban J connectivity index is 1.57. The second kappa shape index (κ2) is 7.22. The van der Waals surface area contributed by atoms with Gasteiger partial charge in [-0.2, -0.15) is 0 Å². The molecule has 1 aliphatic carbocycles. The highest BCUT2D eigenvalue weighted by Gasteiger charge is 2.32. The minimum atomic E-state index is -0.238. The Morgan fingerprint density at radius 1 is 0.815 bits per heavy atom. The lowest BCUT2D eigenvalue weighted by Gasteiger charge is -2.08. The van der Waals surface area contributed by atoms with Crippen molar-refractivity contribution in [1.82, 2.24) is 0 Å². The van der Waals surface area contributed by atoms with Crippen molar-refractivity contribution in [3.63, 3.8) is 0 Å². The summed E-state index contributed by atoms with van der Waals surface area (Å²) in [6.45, 7) is 0.336. The maximum Gasteiger partial charge on any atom is 0.197 e. The minimum Gasteiger partial charge on any atom is -0.489 e. The summed E-state index contributed by atoms with van der Waals surface area (Å²) in [5.74, 6) is 0.163. The fraction of sp³-hybridized carbons (Fsp3) is 0.0435. The first kappa shape index (κ1) is 17.3. The predicted molar refractivity (Wildman–Crippen MR) is 105 cm³/mol. The van der Waals surface area contributed by atoms with Crippen molar-refractivity contribution in [3.8, 4) is 5.75 Å². The predicted octanol–water partition coefficient (Wildman–Crippen LogP) is 5.38. The number of carbonyl (C=O) groups is 2. The molecule has 3 aromatic rings. The summed E-state index contributed by atoms with van der Waals surface area (Å²) in [6.07, 6.45) is 1.62. The summed E-state index contributed by atoms with van der Waals surface area (Å²) >= 11 is 6.15. The molecule has 0 fully saturated rings. The van der Waals surface area contributed by atoms with E-state index in [0.717, 1.165) is 11.1 Å². The van der Waals surface area contributed by atoms with Crippen LogP contribution in [0.5, 0.6) is 5.75 Å². The third-order valence-electron chi connectivity index (χ3n) is 4.43. The molecule has 0 aliphatic heterocycles. The SMILES string of the molecule is O=C1C(=Cc2cccc(OCc3ccccc3Cl)c2)C(=O)c2ccccc21. The number of fused-ring (bicyclic) bond motifs is 1. The van der Waals surface area contributed by atoms with Crippen LogP contribution in [0.1, 0.15) is 31.8 Å². The quantitative estimate of drug-likeness (QED) is 0.454. The monoisotopic (exact) mass is 374 g/mol. The largest absolute Gasteiger partial charge is 0.489 e. The maximum absolute atomic E-state index is 12.5. The van der Waals surface area contributed by atoms with E-state index in [1.54, 1.807) is 36.4 Å². The second-order valence-corrected chi connectivity index (χ2v) is 6.62. The number of hydrogen-bond acceptors (Lipinski definition) is 3. The first-order chi connectivity index (χ1) is 13.1. The van der Waals surface area contributed by atoms with Gasteiger partial charge in [-0.3, -0.25) is 9.59 Å². The van der Waals surface area contributed by atoms with Gasteiger partial charge >= 0.3 is 0 Å². The average Bonchev–Trinajstić information content (AvgIpc) is 2.93. The summed E-state index contributed by atoms with van der Waals surface area (Å²) in [5, 5.41) is 0.649. The molecule has 0 bridgehead atoms. The van der Waals surface area contributed by atoms with Gasteiger partial charge in [-0.05, 0) is 29.8 Å². The topological polar surface area (TPSA) is 43.4 Å². The van der Waals surface area contributed by atoms with Crippen molar-refractivity contribution in [1.29, 1.82) is 0 Å². The van der Waals surface area contributed by atoms with Crippen molar-refractivity contribution in [3.05, 3.63) is 106 Å². The molecule has 4 heteroatoms. The highest BCUT2D eigenvalue weighted by Crippen LogP contribution is 2.28. The lowest BCUT2D eigenvalue weighted by molar-refractivity contribution is 0.0990. The average molecular weight is 375 g/mol. The molecule has 132 valence electrons. The van der Waals surface area contributed by atoms with Crippen molar-refractivity contribution < 1.29 is 14.3 Å². The van der Waals surface area contributed by atoms with Crippen LogP contribution in [-0.2, 0) is 6.61 Å². The zero-order valence-electron chi connectivity index (χ0n) is 14.3. The number of benzene rings is 3. The molecule has 0 saturated carbocycles. The van der Waals surface area contributed by atoms with Crippen LogP contribution in [0.15, 0.2) is 78.4 Å². The third-order valence-corrected chi connectivity index (χ3v) is 4.80. The van der Waals surface area contributed by atoms with E-state index in [0.29, 0.717) is 28.5 Å². The number of ketones is 2. The fourth-order valence-corrected chi connectivity index (χ4v) is 3.23. The number of carbonyl (C=O) groups excluding carboxylic acids is 2. The molecule has 3 nitrogen and oxygen atoms in total. The van der Waals surface area contributed by atoms with Crippen LogP contribution >= 0.6 is 11.6 Å². The Kier molecular flexibility index (Phi) is 4.61. The molecule has 0 amide bonds. The number of allylic oxidation sites excluding steroid dienone is 1. The lowest BCUT2D eigenvalue weighted by Crippen LogP contribution is -2.00. The zero-order valence-corrected chi connectivity index (χ0v) is 15.1. The van der Waals surface area contributed by atoms with Crippen LogP contribution in [0.25, 0.3) is 6.08 Å². The Hall–Kier alpha value is -3.17. The Morgan fingerprint density at radius 2 is 1.48 bits per heavy atom. The molecule has 4 rings (SSSR count). The normalized spacial score (nSPS) is 12.9. The summed E-state index contributed by atoms with van der Waals surface area (Å²) in [5.41, 5.74) is 2.72.